The van der Waals surface area contributed by atoms with Crippen LogP contribution in [0.3, 0.4) is 0 Å². The van der Waals surface area contributed by atoms with E-state index < -0.39 is 0 Å². The Labute approximate surface area is 139 Å². The van der Waals surface area contributed by atoms with Gasteiger partial charge >= 0.3 is 0 Å². The molecule has 1 N–H and O–H groups in total. The predicted molar refractivity (Wildman–Crippen MR) is 94.3 cm³/mol. The molecular weight excluding hydrogens is 346 g/mol. The van der Waals surface area contributed by atoms with Crippen LogP contribution >= 0.6 is 27.5 Å². The van der Waals surface area contributed by atoms with Gasteiger partial charge in [-0.1, -0.05) is 45.7 Å². The van der Waals surface area contributed by atoms with Gasteiger partial charge in [-0.25, -0.2) is 0 Å². The molecule has 0 aliphatic heterocycles. The fourth-order valence-corrected chi connectivity index (χ4v) is 3.92. The summed E-state index contributed by atoms with van der Waals surface area (Å²) in [6, 6.07) is 12.9. The number of anilines is 1. The van der Waals surface area contributed by atoms with Gasteiger partial charge in [-0.2, -0.15) is 0 Å². The van der Waals surface area contributed by atoms with Gasteiger partial charge in [0, 0.05) is 15.2 Å². The van der Waals surface area contributed by atoms with Crippen molar-refractivity contribution in [1.29, 1.82) is 0 Å². The van der Waals surface area contributed by atoms with Crippen molar-refractivity contribution < 1.29 is 0 Å². The molecular formula is C18H19BrClN. The molecule has 0 heterocycles. The van der Waals surface area contributed by atoms with Gasteiger partial charge in [0.05, 0.1) is 6.04 Å². The number of halogens is 2. The molecule has 0 radical (unpaired) electrons. The molecule has 1 unspecified atom stereocenters. The summed E-state index contributed by atoms with van der Waals surface area (Å²) in [4.78, 5) is 0. The van der Waals surface area contributed by atoms with E-state index in [1.54, 1.807) is 0 Å². The highest BCUT2D eigenvalue weighted by atomic mass is 79.9. The van der Waals surface area contributed by atoms with Gasteiger partial charge in [0.1, 0.15) is 0 Å². The Morgan fingerprint density at radius 3 is 2.76 bits per heavy atom. The summed E-state index contributed by atoms with van der Waals surface area (Å²) >= 11 is 9.82. The third kappa shape index (κ3) is 3.27. The topological polar surface area (TPSA) is 12.0 Å². The van der Waals surface area contributed by atoms with Crippen LogP contribution in [0.15, 0.2) is 40.9 Å². The fraction of sp³-hybridized carbons (Fsp3) is 0.333. The highest BCUT2D eigenvalue weighted by molar-refractivity contribution is 9.10. The van der Waals surface area contributed by atoms with E-state index in [-0.39, 0.29) is 6.04 Å². The average molecular weight is 365 g/mol. The van der Waals surface area contributed by atoms with Gasteiger partial charge in [0.2, 0.25) is 0 Å². The molecule has 0 bridgehead atoms. The molecule has 1 aliphatic carbocycles. The summed E-state index contributed by atoms with van der Waals surface area (Å²) in [6.07, 6.45) is 4.99. The van der Waals surface area contributed by atoms with E-state index in [2.05, 4.69) is 52.4 Å². The maximum atomic E-state index is 6.36. The molecule has 0 saturated heterocycles. The van der Waals surface area contributed by atoms with Crippen LogP contribution in [0.2, 0.25) is 5.02 Å². The molecule has 110 valence electrons. The Kier molecular flexibility index (Phi) is 4.56. The predicted octanol–water partition coefficient (Wildman–Crippen LogP) is 6.15. The first kappa shape index (κ1) is 14.9. The van der Waals surface area contributed by atoms with Crippen LogP contribution in [0.4, 0.5) is 5.69 Å². The van der Waals surface area contributed by atoms with E-state index in [1.165, 1.54) is 42.5 Å². The minimum absolute atomic E-state index is 0.194. The molecule has 3 heteroatoms. The lowest BCUT2D eigenvalue weighted by Gasteiger charge is -2.23. The first-order valence-electron chi connectivity index (χ1n) is 7.47. The Morgan fingerprint density at radius 1 is 1.14 bits per heavy atom. The van der Waals surface area contributed by atoms with Crippen LogP contribution in [0, 0.1) is 0 Å². The van der Waals surface area contributed by atoms with Gasteiger partial charge < -0.3 is 5.32 Å². The summed E-state index contributed by atoms with van der Waals surface area (Å²) in [6.45, 7) is 2.16. The lowest BCUT2D eigenvalue weighted by atomic mass is 9.90. The van der Waals surface area contributed by atoms with Crippen molar-refractivity contribution >= 4 is 33.2 Å². The van der Waals surface area contributed by atoms with Crippen LogP contribution < -0.4 is 5.32 Å². The van der Waals surface area contributed by atoms with Crippen molar-refractivity contribution in [2.45, 2.75) is 38.6 Å². The number of benzene rings is 2. The van der Waals surface area contributed by atoms with Crippen molar-refractivity contribution in [1.82, 2.24) is 0 Å². The van der Waals surface area contributed by atoms with Crippen LogP contribution in [0.25, 0.3) is 0 Å². The first-order valence-corrected chi connectivity index (χ1v) is 8.64. The Bertz CT molecular complexity index is 654. The van der Waals surface area contributed by atoms with Gasteiger partial charge in [-0.05, 0) is 67.5 Å². The molecule has 2 aromatic carbocycles. The molecule has 0 fully saturated rings. The summed E-state index contributed by atoms with van der Waals surface area (Å²) in [5.74, 6) is 0. The highest BCUT2D eigenvalue weighted by Crippen LogP contribution is 2.32. The number of nitrogens with one attached hydrogen (secondary N) is 1. The lowest BCUT2D eigenvalue weighted by molar-refractivity contribution is 0.685. The maximum absolute atomic E-state index is 6.36. The lowest BCUT2D eigenvalue weighted by Crippen LogP contribution is -2.12. The Morgan fingerprint density at radius 2 is 1.95 bits per heavy atom. The van der Waals surface area contributed by atoms with Crippen molar-refractivity contribution in [2.75, 3.05) is 5.32 Å². The molecule has 1 atom stereocenters. The van der Waals surface area contributed by atoms with E-state index in [0.717, 1.165) is 15.1 Å². The van der Waals surface area contributed by atoms with Gasteiger partial charge in [0.15, 0.2) is 0 Å². The van der Waals surface area contributed by atoms with Crippen molar-refractivity contribution in [3.8, 4) is 0 Å². The van der Waals surface area contributed by atoms with Crippen LogP contribution in [0.5, 0.6) is 0 Å². The van der Waals surface area contributed by atoms with E-state index in [1.807, 2.05) is 12.1 Å². The molecule has 1 aliphatic rings. The van der Waals surface area contributed by atoms with Crippen LogP contribution in [0.1, 0.15) is 42.5 Å². The minimum Gasteiger partial charge on any atom is -0.378 e. The SMILES string of the molecule is CC(Nc1cccc2c1CCCC2)c1ccc(Br)cc1Cl. The fourth-order valence-electron chi connectivity index (χ4n) is 3.08. The molecule has 0 saturated carbocycles. The number of fused-ring (bicyclic) bond motifs is 1. The smallest absolute Gasteiger partial charge is 0.0500 e. The quantitative estimate of drug-likeness (QED) is 0.688. The molecule has 0 spiro atoms. The third-order valence-corrected chi connectivity index (χ3v) is 5.02. The zero-order chi connectivity index (χ0) is 14.8. The molecule has 0 amide bonds. The summed E-state index contributed by atoms with van der Waals surface area (Å²) < 4.78 is 1.01. The highest BCUT2D eigenvalue weighted by Gasteiger charge is 2.16. The first-order chi connectivity index (χ1) is 10.1. The molecule has 0 aromatic heterocycles. The molecule has 1 nitrogen and oxygen atoms in total. The van der Waals surface area contributed by atoms with Gasteiger partial charge in [0.25, 0.3) is 0 Å². The zero-order valence-corrected chi connectivity index (χ0v) is 14.5. The summed E-state index contributed by atoms with van der Waals surface area (Å²) in [7, 11) is 0. The molecule has 2 aromatic rings. The van der Waals surface area contributed by atoms with Crippen LogP contribution in [-0.4, -0.2) is 0 Å². The van der Waals surface area contributed by atoms with E-state index >= 15 is 0 Å². The second-order valence-corrected chi connectivity index (χ2v) is 7.01. The average Bonchev–Trinajstić information content (AvgIpc) is 2.47. The standard InChI is InChI=1S/C18H19BrClN/c1-12(15-10-9-14(19)11-17(15)20)21-18-8-4-6-13-5-2-3-7-16(13)18/h4,6,8-12,21H,2-3,5,7H2,1H3. The van der Waals surface area contributed by atoms with Crippen LogP contribution in [-0.2, 0) is 12.8 Å². The number of hydrogen-bond donors (Lipinski definition) is 1. The Hall–Kier alpha value is -0.990. The monoisotopic (exact) mass is 363 g/mol. The van der Waals surface area contributed by atoms with Gasteiger partial charge in [-0.3, -0.25) is 0 Å². The van der Waals surface area contributed by atoms with E-state index in [9.17, 15) is 0 Å². The zero-order valence-electron chi connectivity index (χ0n) is 12.1. The van der Waals surface area contributed by atoms with Crippen molar-refractivity contribution in [2.24, 2.45) is 0 Å². The maximum Gasteiger partial charge on any atom is 0.0500 e. The van der Waals surface area contributed by atoms with E-state index in [0.29, 0.717) is 0 Å². The Balaban J connectivity index is 1.86. The largest absolute Gasteiger partial charge is 0.378 e. The number of aryl methyl sites for hydroxylation is 1. The molecule has 21 heavy (non-hydrogen) atoms. The normalized spacial score (nSPS) is 15.4. The number of rotatable bonds is 3. The van der Waals surface area contributed by atoms with E-state index in [4.69, 9.17) is 11.6 Å². The second-order valence-electron chi connectivity index (χ2n) is 5.68. The molecule has 3 rings (SSSR count). The van der Waals surface area contributed by atoms with Crippen molar-refractivity contribution in [3.05, 3.63) is 62.6 Å². The minimum atomic E-state index is 0.194. The van der Waals surface area contributed by atoms with Crippen molar-refractivity contribution in [3.63, 3.8) is 0 Å². The number of hydrogen-bond acceptors (Lipinski definition) is 1. The third-order valence-electron chi connectivity index (χ3n) is 4.20. The second kappa shape index (κ2) is 6.41. The summed E-state index contributed by atoms with van der Waals surface area (Å²) in [5, 5.41) is 4.45. The van der Waals surface area contributed by atoms with Gasteiger partial charge in [-0.15, -0.1) is 0 Å². The summed E-state index contributed by atoms with van der Waals surface area (Å²) in [5.41, 5.74) is 5.39.